The van der Waals surface area contributed by atoms with Gasteiger partial charge >= 0.3 is 5.97 Å². The Morgan fingerprint density at radius 3 is 2.00 bits per heavy atom. The summed E-state index contributed by atoms with van der Waals surface area (Å²) in [6, 6.07) is 5.60. The summed E-state index contributed by atoms with van der Waals surface area (Å²) in [7, 11) is 3.37. The number of carbonyl (C=O) groups excluding carboxylic acids is 2. The van der Waals surface area contributed by atoms with Gasteiger partial charge in [-0.2, -0.15) is 0 Å². The molecule has 2 amide bonds. The largest absolute Gasteiger partial charge is 0.478 e. The molecule has 1 aromatic rings. The molecule has 1 rings (SSSR count). The summed E-state index contributed by atoms with van der Waals surface area (Å²) in [4.78, 5) is 39.8. The zero-order valence-corrected chi connectivity index (χ0v) is 22.0. The standard InChI is InChI=1S/C26H42N4O4/c1-15(2)20(14-17(5)25(33)34)30(9)24(32)21(16(3)4)29-23(31)22(28-8)26(6,7)18-10-12-19(27)13-11-18/h10-16,20-22,28H,27H2,1-9H3,(H,29,31)(H,33,34)/b17-14+/t20-,21+,22?/m1/s1. The van der Waals surface area contributed by atoms with Crippen LogP contribution in [0.25, 0.3) is 0 Å². The fourth-order valence-corrected chi connectivity index (χ4v) is 4.09. The average Bonchev–Trinajstić information content (AvgIpc) is 2.74. The Kier molecular flexibility index (Phi) is 10.3. The SMILES string of the molecule is CNC(C(=O)N[C@H](C(=O)N(C)[C@H](/C=C(\C)C(=O)O)C(C)C)C(C)C)C(C)(C)c1ccc(N)cc1. The third-order valence-corrected chi connectivity index (χ3v) is 6.39. The smallest absolute Gasteiger partial charge is 0.331 e. The summed E-state index contributed by atoms with van der Waals surface area (Å²) >= 11 is 0. The number of anilines is 1. The first-order valence-corrected chi connectivity index (χ1v) is 11.7. The van der Waals surface area contributed by atoms with Crippen LogP contribution in [-0.4, -0.2) is 60.0 Å². The maximum Gasteiger partial charge on any atom is 0.331 e. The Morgan fingerprint density at radius 1 is 1.06 bits per heavy atom. The molecule has 0 heterocycles. The van der Waals surface area contributed by atoms with Crippen molar-refractivity contribution in [2.75, 3.05) is 19.8 Å². The molecule has 0 aromatic heterocycles. The number of hydrogen-bond donors (Lipinski definition) is 4. The van der Waals surface area contributed by atoms with Gasteiger partial charge in [0.25, 0.3) is 0 Å². The summed E-state index contributed by atoms with van der Waals surface area (Å²) < 4.78 is 0. The Morgan fingerprint density at radius 2 is 1.59 bits per heavy atom. The van der Waals surface area contributed by atoms with Gasteiger partial charge in [0.1, 0.15) is 6.04 Å². The molecule has 8 nitrogen and oxygen atoms in total. The van der Waals surface area contributed by atoms with Crippen LogP contribution < -0.4 is 16.4 Å². The van der Waals surface area contributed by atoms with Crippen molar-refractivity contribution in [1.29, 1.82) is 0 Å². The lowest BCUT2D eigenvalue weighted by Crippen LogP contribution is -2.59. The zero-order valence-electron chi connectivity index (χ0n) is 22.0. The molecule has 0 saturated heterocycles. The Balaban J connectivity index is 3.20. The van der Waals surface area contributed by atoms with Crippen molar-refractivity contribution < 1.29 is 19.5 Å². The summed E-state index contributed by atoms with van der Waals surface area (Å²) in [5, 5.41) is 15.3. The number of rotatable bonds is 11. The van der Waals surface area contributed by atoms with Crippen molar-refractivity contribution in [3.8, 4) is 0 Å². The van der Waals surface area contributed by atoms with E-state index in [-0.39, 0.29) is 29.2 Å². The van der Waals surface area contributed by atoms with E-state index in [1.807, 2.05) is 53.7 Å². The first kappa shape index (κ1) is 29.2. The predicted molar refractivity (Wildman–Crippen MR) is 136 cm³/mol. The van der Waals surface area contributed by atoms with Crippen LogP contribution in [-0.2, 0) is 19.8 Å². The van der Waals surface area contributed by atoms with E-state index < -0.39 is 29.5 Å². The number of nitrogens with one attached hydrogen (secondary N) is 2. The maximum atomic E-state index is 13.5. The van der Waals surface area contributed by atoms with Crippen LogP contribution in [0.2, 0.25) is 0 Å². The van der Waals surface area contributed by atoms with Gasteiger partial charge in [-0.05, 0) is 43.5 Å². The molecule has 0 bridgehead atoms. The molecule has 5 N–H and O–H groups in total. The summed E-state index contributed by atoms with van der Waals surface area (Å²) in [5.74, 6) is -1.77. The number of benzene rings is 1. The van der Waals surface area contributed by atoms with Gasteiger partial charge in [0.2, 0.25) is 11.8 Å². The first-order chi connectivity index (χ1) is 15.6. The highest BCUT2D eigenvalue weighted by Gasteiger charge is 2.39. The highest BCUT2D eigenvalue weighted by Crippen LogP contribution is 2.28. The van der Waals surface area contributed by atoms with Crippen LogP contribution in [0.3, 0.4) is 0 Å². The molecule has 3 atom stereocenters. The number of carbonyl (C=O) groups is 3. The third kappa shape index (κ3) is 7.06. The van der Waals surface area contributed by atoms with Crippen LogP contribution >= 0.6 is 0 Å². The lowest BCUT2D eigenvalue weighted by atomic mass is 9.77. The molecule has 0 spiro atoms. The van der Waals surface area contributed by atoms with Crippen molar-refractivity contribution in [3.63, 3.8) is 0 Å². The molecule has 1 aromatic carbocycles. The molecule has 0 aliphatic rings. The van der Waals surface area contributed by atoms with Gasteiger partial charge in [0.15, 0.2) is 0 Å². The van der Waals surface area contributed by atoms with Crippen molar-refractivity contribution in [2.24, 2.45) is 11.8 Å². The van der Waals surface area contributed by atoms with Gasteiger partial charge in [0.05, 0.1) is 12.1 Å². The van der Waals surface area contributed by atoms with Crippen LogP contribution in [0.1, 0.15) is 54.0 Å². The number of nitrogens with zero attached hydrogens (tertiary/aromatic N) is 1. The number of nitrogen functional groups attached to an aromatic ring is 1. The average molecular weight is 475 g/mol. The Labute approximate surface area is 204 Å². The van der Waals surface area contributed by atoms with E-state index in [1.165, 1.54) is 11.8 Å². The number of carboxylic acid groups (broad SMARTS) is 1. The number of amides is 2. The summed E-state index contributed by atoms with van der Waals surface area (Å²) in [5.41, 5.74) is 6.99. The van der Waals surface area contributed by atoms with E-state index in [1.54, 1.807) is 32.3 Å². The molecule has 34 heavy (non-hydrogen) atoms. The van der Waals surface area contributed by atoms with Crippen molar-refractivity contribution >= 4 is 23.5 Å². The topological polar surface area (TPSA) is 125 Å². The number of nitrogens with two attached hydrogens (primary N) is 1. The molecule has 8 heteroatoms. The maximum absolute atomic E-state index is 13.5. The van der Waals surface area contributed by atoms with E-state index in [2.05, 4.69) is 10.6 Å². The molecule has 0 fully saturated rings. The second-order valence-electron chi connectivity index (χ2n) is 10.1. The molecule has 0 aliphatic heterocycles. The van der Waals surface area contributed by atoms with Crippen LogP contribution in [0.15, 0.2) is 35.9 Å². The predicted octanol–water partition coefficient (Wildman–Crippen LogP) is 2.79. The Bertz CT molecular complexity index is 891. The van der Waals surface area contributed by atoms with E-state index in [9.17, 15) is 19.5 Å². The molecular weight excluding hydrogens is 432 g/mol. The van der Waals surface area contributed by atoms with Gasteiger partial charge in [-0.1, -0.05) is 59.8 Å². The van der Waals surface area contributed by atoms with Crippen molar-refractivity contribution in [1.82, 2.24) is 15.5 Å². The second kappa shape index (κ2) is 12.0. The monoisotopic (exact) mass is 474 g/mol. The van der Waals surface area contributed by atoms with Crippen molar-refractivity contribution in [2.45, 2.75) is 72.0 Å². The second-order valence-corrected chi connectivity index (χ2v) is 10.1. The molecule has 1 unspecified atom stereocenters. The molecular formula is C26H42N4O4. The van der Waals surface area contributed by atoms with E-state index in [0.717, 1.165) is 5.56 Å². The molecule has 190 valence electrons. The highest BCUT2D eigenvalue weighted by molar-refractivity contribution is 5.91. The van der Waals surface area contributed by atoms with Crippen molar-refractivity contribution in [3.05, 3.63) is 41.5 Å². The van der Waals surface area contributed by atoms with Gasteiger partial charge in [-0.3, -0.25) is 9.59 Å². The molecule has 0 aliphatic carbocycles. The fourth-order valence-electron chi connectivity index (χ4n) is 4.09. The first-order valence-electron chi connectivity index (χ1n) is 11.7. The van der Waals surface area contributed by atoms with Crippen LogP contribution in [0.4, 0.5) is 5.69 Å². The lowest BCUT2D eigenvalue weighted by Gasteiger charge is -2.37. The van der Waals surface area contributed by atoms with Gasteiger partial charge in [-0.25, -0.2) is 4.79 Å². The van der Waals surface area contributed by atoms with E-state index in [4.69, 9.17) is 5.73 Å². The summed E-state index contributed by atoms with van der Waals surface area (Å²) in [6.07, 6.45) is 1.59. The highest BCUT2D eigenvalue weighted by atomic mass is 16.4. The number of hydrogen-bond acceptors (Lipinski definition) is 5. The van der Waals surface area contributed by atoms with E-state index in [0.29, 0.717) is 5.69 Å². The van der Waals surface area contributed by atoms with Gasteiger partial charge in [0, 0.05) is 23.7 Å². The molecule has 0 radical (unpaired) electrons. The number of aliphatic carboxylic acids is 1. The van der Waals surface area contributed by atoms with Gasteiger partial charge in [-0.15, -0.1) is 0 Å². The van der Waals surface area contributed by atoms with E-state index >= 15 is 0 Å². The van der Waals surface area contributed by atoms with Crippen LogP contribution in [0.5, 0.6) is 0 Å². The minimum Gasteiger partial charge on any atom is -0.478 e. The summed E-state index contributed by atoms with van der Waals surface area (Å²) in [6.45, 7) is 13.0. The zero-order chi connectivity index (χ0) is 26.4. The lowest BCUT2D eigenvalue weighted by molar-refractivity contribution is -0.139. The third-order valence-electron chi connectivity index (χ3n) is 6.39. The molecule has 0 saturated carbocycles. The minimum atomic E-state index is -1.03. The van der Waals surface area contributed by atoms with Crippen LogP contribution in [0, 0.1) is 11.8 Å². The quantitative estimate of drug-likeness (QED) is 0.289. The number of likely N-dealkylation sites (N-methyl/N-ethyl adjacent to an activating group) is 2. The Hall–Kier alpha value is -2.87. The number of carboxylic acids is 1. The minimum absolute atomic E-state index is 0.0127. The normalized spacial score (nSPS) is 15.1. The fraction of sp³-hybridized carbons (Fsp3) is 0.577. The van der Waals surface area contributed by atoms with Gasteiger partial charge < -0.3 is 26.4 Å².